The van der Waals surface area contributed by atoms with Crippen LogP contribution >= 0.6 is 0 Å². The lowest BCUT2D eigenvalue weighted by molar-refractivity contribution is -0.123. The maximum Gasteiger partial charge on any atom is 0.258 e. The Morgan fingerprint density at radius 1 is 1.41 bits per heavy atom. The van der Waals surface area contributed by atoms with Crippen molar-refractivity contribution in [3.8, 4) is 5.75 Å². The number of nitrogens with zero attached hydrogens (tertiary/aromatic N) is 1. The topological polar surface area (TPSA) is 65.2 Å². The lowest BCUT2D eigenvalue weighted by Crippen LogP contribution is -2.30. The zero-order valence-electron chi connectivity index (χ0n) is 9.81. The molecule has 0 radical (unpaired) electrons. The van der Waals surface area contributed by atoms with E-state index >= 15 is 0 Å². The first-order valence-corrected chi connectivity index (χ1v) is 5.39. The Morgan fingerprint density at radius 3 is 2.88 bits per heavy atom. The summed E-state index contributed by atoms with van der Waals surface area (Å²) in [6.45, 7) is 3.65. The summed E-state index contributed by atoms with van der Waals surface area (Å²) >= 11 is 0. The van der Waals surface area contributed by atoms with Crippen LogP contribution in [-0.4, -0.2) is 17.0 Å². The van der Waals surface area contributed by atoms with E-state index in [4.69, 9.17) is 10.5 Å². The number of hydrogen-bond donors (Lipinski definition) is 1. The van der Waals surface area contributed by atoms with Crippen LogP contribution in [0.3, 0.4) is 0 Å². The van der Waals surface area contributed by atoms with Gasteiger partial charge in [-0.15, -0.1) is 0 Å². The monoisotopic (exact) mass is 230 g/mol. The highest BCUT2D eigenvalue weighted by molar-refractivity contribution is 5.83. The number of carbonyl (C=O) groups excluding carboxylic acids is 1. The summed E-state index contributed by atoms with van der Waals surface area (Å²) in [5, 5.41) is 1.08. The van der Waals surface area contributed by atoms with Crippen LogP contribution in [0.1, 0.15) is 12.5 Å². The van der Waals surface area contributed by atoms with Crippen molar-refractivity contribution < 1.29 is 9.53 Å². The first-order chi connectivity index (χ1) is 8.08. The van der Waals surface area contributed by atoms with Gasteiger partial charge < -0.3 is 10.5 Å². The number of amides is 1. The Morgan fingerprint density at radius 2 is 2.18 bits per heavy atom. The molecule has 2 aromatic rings. The van der Waals surface area contributed by atoms with Crippen molar-refractivity contribution >= 4 is 16.8 Å². The van der Waals surface area contributed by atoms with E-state index in [9.17, 15) is 4.79 Å². The number of ether oxygens (including phenoxy) is 1. The molecular formula is C13H14N2O2. The number of fused-ring (bicyclic) bond motifs is 1. The second kappa shape index (κ2) is 4.41. The zero-order chi connectivity index (χ0) is 12.4. The van der Waals surface area contributed by atoms with Gasteiger partial charge in [-0.25, -0.2) is 0 Å². The van der Waals surface area contributed by atoms with Crippen molar-refractivity contribution in [3.05, 3.63) is 36.0 Å². The van der Waals surface area contributed by atoms with Crippen molar-refractivity contribution in [2.45, 2.75) is 20.0 Å². The minimum atomic E-state index is -0.641. The number of primary amides is 1. The van der Waals surface area contributed by atoms with Gasteiger partial charge in [0.1, 0.15) is 5.75 Å². The molecule has 0 saturated heterocycles. The van der Waals surface area contributed by atoms with Gasteiger partial charge in [-0.2, -0.15) is 0 Å². The standard InChI is InChI=1S/C13H14N2O2/c1-8-5-6-15-12-7-10(3-4-11(8)12)17-9(2)13(14)16/h3-7,9H,1-2H3,(H2,14,16). The molecule has 0 aliphatic carbocycles. The van der Waals surface area contributed by atoms with Crippen LogP contribution < -0.4 is 10.5 Å². The number of rotatable bonds is 3. The van der Waals surface area contributed by atoms with Crippen LogP contribution in [0.4, 0.5) is 0 Å². The lowest BCUT2D eigenvalue weighted by Gasteiger charge is -2.11. The molecule has 1 unspecified atom stereocenters. The fourth-order valence-corrected chi connectivity index (χ4v) is 1.61. The number of pyridine rings is 1. The van der Waals surface area contributed by atoms with Gasteiger partial charge in [0.05, 0.1) is 5.52 Å². The van der Waals surface area contributed by atoms with Gasteiger partial charge in [0.25, 0.3) is 5.91 Å². The molecule has 0 aliphatic rings. The Hall–Kier alpha value is -2.10. The Balaban J connectivity index is 2.35. The normalized spacial score (nSPS) is 12.4. The van der Waals surface area contributed by atoms with E-state index in [0.717, 1.165) is 16.5 Å². The summed E-state index contributed by atoms with van der Waals surface area (Å²) in [4.78, 5) is 15.2. The second-order valence-corrected chi connectivity index (χ2v) is 3.97. The highest BCUT2D eigenvalue weighted by Crippen LogP contribution is 2.22. The molecule has 1 amide bonds. The molecule has 0 spiro atoms. The molecular weight excluding hydrogens is 216 g/mol. The highest BCUT2D eigenvalue weighted by atomic mass is 16.5. The molecule has 0 fully saturated rings. The number of aryl methyl sites for hydroxylation is 1. The molecule has 0 aliphatic heterocycles. The maximum atomic E-state index is 10.9. The third-order valence-corrected chi connectivity index (χ3v) is 2.65. The van der Waals surface area contributed by atoms with E-state index in [1.807, 2.05) is 31.2 Å². The third-order valence-electron chi connectivity index (χ3n) is 2.65. The highest BCUT2D eigenvalue weighted by Gasteiger charge is 2.10. The number of carbonyl (C=O) groups is 1. The van der Waals surface area contributed by atoms with Gasteiger partial charge in [-0.05, 0) is 37.6 Å². The third kappa shape index (κ3) is 2.36. The van der Waals surface area contributed by atoms with Crippen LogP contribution in [0, 0.1) is 6.92 Å². The molecule has 17 heavy (non-hydrogen) atoms. The minimum absolute atomic E-state index is 0.484. The smallest absolute Gasteiger partial charge is 0.258 e. The average molecular weight is 230 g/mol. The number of aromatic nitrogens is 1. The molecule has 2 rings (SSSR count). The molecule has 4 heteroatoms. The van der Waals surface area contributed by atoms with E-state index in [-0.39, 0.29) is 0 Å². The van der Waals surface area contributed by atoms with Crippen molar-refractivity contribution in [1.82, 2.24) is 4.98 Å². The van der Waals surface area contributed by atoms with E-state index in [2.05, 4.69) is 4.98 Å². The van der Waals surface area contributed by atoms with Crippen molar-refractivity contribution in [2.24, 2.45) is 5.73 Å². The van der Waals surface area contributed by atoms with E-state index in [0.29, 0.717) is 5.75 Å². The van der Waals surface area contributed by atoms with Crippen LogP contribution in [0.5, 0.6) is 5.75 Å². The number of hydrogen-bond acceptors (Lipinski definition) is 3. The molecule has 1 aromatic carbocycles. The molecule has 1 aromatic heterocycles. The molecule has 2 N–H and O–H groups in total. The predicted octanol–water partition coefficient (Wildman–Crippen LogP) is 1.80. The van der Waals surface area contributed by atoms with Gasteiger partial charge >= 0.3 is 0 Å². The van der Waals surface area contributed by atoms with Crippen molar-refractivity contribution in [1.29, 1.82) is 0 Å². The lowest BCUT2D eigenvalue weighted by atomic mass is 10.1. The summed E-state index contributed by atoms with van der Waals surface area (Å²) in [6, 6.07) is 7.51. The fourth-order valence-electron chi connectivity index (χ4n) is 1.61. The zero-order valence-corrected chi connectivity index (χ0v) is 9.81. The van der Waals surface area contributed by atoms with Gasteiger partial charge in [-0.1, -0.05) is 0 Å². The van der Waals surface area contributed by atoms with Crippen LogP contribution in [0.25, 0.3) is 10.9 Å². The summed E-state index contributed by atoms with van der Waals surface area (Å²) in [5.41, 5.74) is 7.14. The molecule has 0 bridgehead atoms. The number of benzene rings is 1. The minimum Gasteiger partial charge on any atom is -0.481 e. The summed E-state index contributed by atoms with van der Waals surface area (Å²) < 4.78 is 5.41. The first kappa shape index (κ1) is 11.4. The molecule has 0 saturated carbocycles. The average Bonchev–Trinajstić information content (AvgIpc) is 2.29. The van der Waals surface area contributed by atoms with Gasteiger partial charge in [0.2, 0.25) is 0 Å². The molecule has 1 heterocycles. The SMILES string of the molecule is Cc1ccnc2cc(OC(C)C(N)=O)ccc12. The van der Waals surface area contributed by atoms with Crippen LogP contribution in [-0.2, 0) is 4.79 Å². The van der Waals surface area contributed by atoms with E-state index < -0.39 is 12.0 Å². The van der Waals surface area contributed by atoms with Crippen molar-refractivity contribution in [3.63, 3.8) is 0 Å². The van der Waals surface area contributed by atoms with Gasteiger partial charge in [-0.3, -0.25) is 9.78 Å². The molecule has 4 nitrogen and oxygen atoms in total. The predicted molar refractivity (Wildman–Crippen MR) is 65.8 cm³/mol. The fraction of sp³-hybridized carbons (Fsp3) is 0.231. The summed E-state index contributed by atoms with van der Waals surface area (Å²) in [7, 11) is 0. The first-order valence-electron chi connectivity index (χ1n) is 5.39. The Bertz CT molecular complexity index is 566. The van der Waals surface area contributed by atoms with Crippen molar-refractivity contribution in [2.75, 3.05) is 0 Å². The molecule has 1 atom stereocenters. The maximum absolute atomic E-state index is 10.9. The van der Waals surface area contributed by atoms with Gasteiger partial charge in [0.15, 0.2) is 6.10 Å². The van der Waals surface area contributed by atoms with Gasteiger partial charge in [0, 0.05) is 17.6 Å². The largest absolute Gasteiger partial charge is 0.481 e. The summed E-state index contributed by atoms with van der Waals surface area (Å²) in [6.07, 6.45) is 1.11. The number of nitrogens with two attached hydrogens (primary N) is 1. The quantitative estimate of drug-likeness (QED) is 0.874. The van der Waals surface area contributed by atoms with Crippen LogP contribution in [0.2, 0.25) is 0 Å². The van der Waals surface area contributed by atoms with E-state index in [1.54, 1.807) is 13.1 Å². The molecule has 88 valence electrons. The van der Waals surface area contributed by atoms with Crippen LogP contribution in [0.15, 0.2) is 30.5 Å². The second-order valence-electron chi connectivity index (χ2n) is 3.97. The Labute approximate surface area is 99.4 Å². The van der Waals surface area contributed by atoms with E-state index in [1.165, 1.54) is 0 Å². The Kier molecular flexibility index (Phi) is 2.95. The summed E-state index contributed by atoms with van der Waals surface area (Å²) in [5.74, 6) is 0.115.